The van der Waals surface area contributed by atoms with Crippen LogP contribution in [0.15, 0.2) is 65.6 Å². The summed E-state index contributed by atoms with van der Waals surface area (Å²) < 4.78 is 51.6. The topological polar surface area (TPSA) is 93.2 Å². The smallest absolute Gasteiger partial charge is 0.410 e. The highest BCUT2D eigenvalue weighted by molar-refractivity contribution is 7.90. The lowest BCUT2D eigenvalue weighted by atomic mass is 9.72. The number of carbonyl (C=O) groups is 2. The van der Waals surface area contributed by atoms with E-state index in [2.05, 4.69) is 0 Å². The number of halogens is 1. The summed E-state index contributed by atoms with van der Waals surface area (Å²) in [6, 6.07) is 15.8. The van der Waals surface area contributed by atoms with E-state index in [0.29, 0.717) is 28.7 Å². The fourth-order valence-electron chi connectivity index (χ4n) is 6.27. The van der Waals surface area contributed by atoms with Crippen molar-refractivity contribution >= 4 is 27.5 Å². The van der Waals surface area contributed by atoms with E-state index in [1.807, 2.05) is 24.3 Å². The van der Waals surface area contributed by atoms with Crippen LogP contribution in [-0.2, 0) is 36.1 Å². The number of para-hydroxylation sites is 1. The largest absolute Gasteiger partial charge is 0.444 e. The first-order valence-electron chi connectivity index (χ1n) is 13.7. The van der Waals surface area contributed by atoms with Gasteiger partial charge in [0.1, 0.15) is 16.8 Å². The summed E-state index contributed by atoms with van der Waals surface area (Å²) in [6.07, 6.45) is 0.841. The fraction of sp³-hybridized carbons (Fsp3) is 0.375. The van der Waals surface area contributed by atoms with Gasteiger partial charge in [-0.2, -0.15) is 0 Å². The van der Waals surface area contributed by atoms with Crippen LogP contribution in [0.4, 0.5) is 14.9 Å². The number of anilines is 1. The maximum atomic E-state index is 15.5. The van der Waals surface area contributed by atoms with Crippen molar-refractivity contribution in [2.45, 2.75) is 55.8 Å². The molecular formula is C32H35FN2O6S. The molecule has 0 N–H and O–H groups in total. The SMILES string of the molecule is COCc1ccc(-c2cc(F)cc([C@H]3N(C(=O)OC(C)(C)C)CC[C@]34C(=O)N(C)c3ccccc34)c2)cc1S(C)(=O)=O. The lowest BCUT2D eigenvalue weighted by Crippen LogP contribution is -2.45. The predicted molar refractivity (Wildman–Crippen MR) is 157 cm³/mol. The Balaban J connectivity index is 1.71. The van der Waals surface area contributed by atoms with Gasteiger partial charge in [-0.15, -0.1) is 0 Å². The second-order valence-electron chi connectivity index (χ2n) is 12.0. The van der Waals surface area contributed by atoms with E-state index in [9.17, 15) is 18.0 Å². The summed E-state index contributed by atoms with van der Waals surface area (Å²) in [5.41, 5.74) is 1.35. The number of carbonyl (C=O) groups excluding carboxylic acids is 2. The van der Waals surface area contributed by atoms with Gasteiger partial charge in [0, 0.05) is 32.6 Å². The van der Waals surface area contributed by atoms with Gasteiger partial charge in [0.25, 0.3) is 0 Å². The zero-order valence-electron chi connectivity index (χ0n) is 24.6. The molecule has 2 atom stereocenters. The number of hydrogen-bond donors (Lipinski definition) is 0. The normalized spacial score (nSPS) is 20.4. The molecule has 3 aromatic carbocycles. The molecule has 1 fully saturated rings. The number of nitrogens with zero attached hydrogens (tertiary/aromatic N) is 2. The minimum atomic E-state index is -3.62. The molecular weight excluding hydrogens is 559 g/mol. The van der Waals surface area contributed by atoms with Crippen LogP contribution in [-0.4, -0.2) is 57.9 Å². The number of sulfone groups is 1. The van der Waals surface area contributed by atoms with Gasteiger partial charge in [0.2, 0.25) is 5.91 Å². The Morgan fingerprint density at radius 1 is 1.07 bits per heavy atom. The molecule has 0 bridgehead atoms. The van der Waals surface area contributed by atoms with Crippen LogP contribution < -0.4 is 4.90 Å². The number of fused-ring (bicyclic) bond motifs is 2. The molecule has 5 rings (SSSR count). The molecule has 0 saturated carbocycles. The second-order valence-corrected chi connectivity index (χ2v) is 14.0. The van der Waals surface area contributed by atoms with E-state index in [0.717, 1.165) is 17.5 Å². The Morgan fingerprint density at radius 3 is 2.45 bits per heavy atom. The molecule has 1 spiro atoms. The van der Waals surface area contributed by atoms with Crippen LogP contribution in [0.1, 0.15) is 49.9 Å². The van der Waals surface area contributed by atoms with Crippen molar-refractivity contribution in [3.8, 4) is 11.1 Å². The molecule has 10 heteroatoms. The van der Waals surface area contributed by atoms with E-state index < -0.39 is 38.8 Å². The summed E-state index contributed by atoms with van der Waals surface area (Å²) >= 11 is 0. The maximum Gasteiger partial charge on any atom is 0.410 e. The van der Waals surface area contributed by atoms with Crippen molar-refractivity contribution in [2.24, 2.45) is 0 Å². The number of ether oxygens (including phenoxy) is 2. The van der Waals surface area contributed by atoms with Crippen molar-refractivity contribution in [3.05, 3.63) is 83.2 Å². The molecule has 2 aliphatic heterocycles. The highest BCUT2D eigenvalue weighted by Gasteiger charge is 2.61. The van der Waals surface area contributed by atoms with Crippen LogP contribution >= 0.6 is 0 Å². The molecule has 0 radical (unpaired) electrons. The van der Waals surface area contributed by atoms with Crippen molar-refractivity contribution in [2.75, 3.05) is 31.9 Å². The lowest BCUT2D eigenvalue weighted by molar-refractivity contribution is -0.123. The third-order valence-electron chi connectivity index (χ3n) is 7.92. The number of hydrogen-bond acceptors (Lipinski definition) is 6. The van der Waals surface area contributed by atoms with Crippen LogP contribution in [0.3, 0.4) is 0 Å². The Morgan fingerprint density at radius 2 is 1.79 bits per heavy atom. The molecule has 1 saturated heterocycles. The van der Waals surface area contributed by atoms with Crippen molar-refractivity contribution in [1.82, 2.24) is 4.90 Å². The second kappa shape index (κ2) is 10.5. The molecule has 8 nitrogen and oxygen atoms in total. The highest BCUT2D eigenvalue weighted by Crippen LogP contribution is 2.56. The van der Waals surface area contributed by atoms with Crippen LogP contribution in [0.2, 0.25) is 0 Å². The molecule has 0 aromatic heterocycles. The number of rotatable bonds is 5. The maximum absolute atomic E-state index is 15.5. The first-order chi connectivity index (χ1) is 19.7. The van der Waals surface area contributed by atoms with Crippen molar-refractivity contribution in [1.29, 1.82) is 0 Å². The average molecular weight is 595 g/mol. The zero-order valence-corrected chi connectivity index (χ0v) is 25.4. The Kier molecular flexibility index (Phi) is 7.43. The van der Waals surface area contributed by atoms with Gasteiger partial charge in [0.05, 0.1) is 17.5 Å². The highest BCUT2D eigenvalue weighted by atomic mass is 32.2. The van der Waals surface area contributed by atoms with Crippen LogP contribution in [0.25, 0.3) is 11.1 Å². The van der Waals surface area contributed by atoms with Gasteiger partial charge < -0.3 is 14.4 Å². The molecule has 42 heavy (non-hydrogen) atoms. The quantitative estimate of drug-likeness (QED) is 0.380. The molecule has 0 aliphatic carbocycles. The summed E-state index contributed by atoms with van der Waals surface area (Å²) in [4.78, 5) is 30.9. The van der Waals surface area contributed by atoms with Crippen LogP contribution in [0, 0.1) is 5.82 Å². The minimum absolute atomic E-state index is 0.0851. The summed E-state index contributed by atoms with van der Waals surface area (Å²) in [6.45, 7) is 5.62. The van der Waals surface area contributed by atoms with Gasteiger partial charge in [-0.05, 0) is 85.3 Å². The van der Waals surface area contributed by atoms with Crippen molar-refractivity contribution < 1.29 is 31.9 Å². The van der Waals surface area contributed by atoms with Crippen LogP contribution in [0.5, 0.6) is 0 Å². The number of methoxy groups -OCH3 is 1. The first-order valence-corrected chi connectivity index (χ1v) is 15.6. The third-order valence-corrected chi connectivity index (χ3v) is 9.10. The zero-order chi connectivity index (χ0) is 30.6. The molecule has 0 unspecified atom stereocenters. The van der Waals surface area contributed by atoms with E-state index in [-0.39, 0.29) is 24.0 Å². The lowest BCUT2D eigenvalue weighted by Gasteiger charge is -2.35. The number of benzene rings is 3. The number of amides is 2. The summed E-state index contributed by atoms with van der Waals surface area (Å²) in [5, 5.41) is 0. The van der Waals surface area contributed by atoms with Crippen molar-refractivity contribution in [3.63, 3.8) is 0 Å². The average Bonchev–Trinajstić information content (AvgIpc) is 3.41. The molecule has 222 valence electrons. The van der Waals surface area contributed by atoms with Gasteiger partial charge in [-0.3, -0.25) is 9.69 Å². The standard InChI is InChI=1S/C32H35FN2O6S/c1-31(2,3)41-30(37)35-14-13-32(25-9-7-8-10-26(25)34(4)29(32)36)28(35)23-15-22(16-24(33)17-23)20-11-12-21(19-40-5)27(18-20)42(6,38)39/h7-12,15-18,28H,13-14,19H2,1-6H3/t28-,32-/m1/s1. The monoisotopic (exact) mass is 594 g/mol. The van der Waals surface area contributed by atoms with Gasteiger partial charge in [-0.1, -0.05) is 30.3 Å². The van der Waals surface area contributed by atoms with E-state index >= 15 is 4.39 Å². The Bertz CT molecular complexity index is 1680. The van der Waals surface area contributed by atoms with E-state index in [1.165, 1.54) is 30.2 Å². The molecule has 2 heterocycles. The van der Waals surface area contributed by atoms with E-state index in [4.69, 9.17) is 9.47 Å². The third kappa shape index (κ3) is 5.07. The molecule has 2 aliphatic rings. The van der Waals surface area contributed by atoms with Gasteiger partial charge in [0.15, 0.2) is 9.84 Å². The summed E-state index contributed by atoms with van der Waals surface area (Å²) in [7, 11) is -0.436. The van der Waals surface area contributed by atoms with Gasteiger partial charge in [-0.25, -0.2) is 17.6 Å². The number of likely N-dealkylation sites (tertiary alicyclic amines) is 1. The number of likely N-dealkylation sites (N-methyl/N-ethyl adjacent to an activating group) is 1. The van der Waals surface area contributed by atoms with E-state index in [1.54, 1.807) is 50.9 Å². The molecule has 3 aromatic rings. The van der Waals surface area contributed by atoms with Gasteiger partial charge >= 0.3 is 6.09 Å². The summed E-state index contributed by atoms with van der Waals surface area (Å²) in [5.74, 6) is -0.767. The first kappa shape index (κ1) is 29.7. The fourth-order valence-corrected chi connectivity index (χ4v) is 7.22. The Hall–Kier alpha value is -3.76. The molecule has 2 amide bonds. The Labute approximate surface area is 246 Å². The predicted octanol–water partition coefficient (Wildman–Crippen LogP) is 5.64. The minimum Gasteiger partial charge on any atom is -0.444 e.